The molecule has 92 valence electrons. The number of amides is 1. The maximum Gasteiger partial charge on any atom is 0.225 e. The minimum atomic E-state index is 0.0160. The van der Waals surface area contributed by atoms with Gasteiger partial charge in [-0.3, -0.25) is 4.79 Å². The Kier molecular flexibility index (Phi) is 3.96. The average molecular weight is 233 g/mol. The molecule has 1 aromatic heterocycles. The van der Waals surface area contributed by atoms with Crippen molar-refractivity contribution in [3.05, 3.63) is 18.3 Å². The first-order valence-corrected chi connectivity index (χ1v) is 6.26. The van der Waals surface area contributed by atoms with E-state index >= 15 is 0 Å². The van der Waals surface area contributed by atoms with Crippen molar-refractivity contribution in [2.45, 2.75) is 38.5 Å². The zero-order valence-electron chi connectivity index (χ0n) is 9.98. The van der Waals surface area contributed by atoms with Crippen molar-refractivity contribution in [3.8, 4) is 0 Å². The molecule has 17 heavy (non-hydrogen) atoms. The van der Waals surface area contributed by atoms with Crippen LogP contribution in [0, 0.1) is 5.92 Å². The second-order valence-corrected chi connectivity index (χ2v) is 4.68. The Balaban J connectivity index is 1.79. The van der Waals surface area contributed by atoms with E-state index in [1.54, 1.807) is 18.3 Å². The monoisotopic (exact) mass is 233 g/mol. The summed E-state index contributed by atoms with van der Waals surface area (Å²) in [6.45, 7) is 0. The number of pyridine rings is 1. The number of aromatic nitrogens is 1. The average Bonchev–Trinajstić information content (AvgIpc) is 2.82. The molecule has 3 N–H and O–H groups in total. The fourth-order valence-corrected chi connectivity index (χ4v) is 2.35. The molecule has 0 aliphatic heterocycles. The van der Waals surface area contributed by atoms with E-state index in [0.29, 0.717) is 17.9 Å². The van der Waals surface area contributed by atoms with Gasteiger partial charge in [-0.05, 0) is 24.5 Å². The van der Waals surface area contributed by atoms with Crippen molar-refractivity contribution < 1.29 is 4.79 Å². The second kappa shape index (κ2) is 5.66. The Morgan fingerprint density at radius 2 is 2.24 bits per heavy atom. The number of rotatable bonds is 4. The number of nitrogens with one attached hydrogen (secondary N) is 1. The van der Waals surface area contributed by atoms with E-state index in [4.69, 9.17) is 5.73 Å². The molecule has 1 amide bonds. The number of nitrogens with zero attached hydrogens (tertiary/aromatic N) is 1. The summed E-state index contributed by atoms with van der Waals surface area (Å²) in [5, 5.41) is 2.76. The van der Waals surface area contributed by atoms with Crippen LogP contribution in [0.4, 0.5) is 11.5 Å². The molecule has 1 saturated carbocycles. The van der Waals surface area contributed by atoms with Crippen LogP contribution in [0.2, 0.25) is 0 Å². The zero-order chi connectivity index (χ0) is 12.1. The third-order valence-corrected chi connectivity index (χ3v) is 3.35. The summed E-state index contributed by atoms with van der Waals surface area (Å²) in [5.41, 5.74) is 6.23. The van der Waals surface area contributed by atoms with Crippen LogP contribution < -0.4 is 11.1 Å². The van der Waals surface area contributed by atoms with Gasteiger partial charge in [0, 0.05) is 12.6 Å². The Hall–Kier alpha value is -1.58. The first-order chi connectivity index (χ1) is 8.25. The van der Waals surface area contributed by atoms with Gasteiger partial charge in [0.2, 0.25) is 5.91 Å². The molecule has 0 bridgehead atoms. The van der Waals surface area contributed by atoms with Gasteiger partial charge in [-0.1, -0.05) is 25.7 Å². The number of nitrogens with two attached hydrogens (primary N) is 1. The summed E-state index contributed by atoms with van der Waals surface area (Å²) < 4.78 is 0. The normalized spacial score (nSPS) is 16.0. The van der Waals surface area contributed by atoms with Crippen molar-refractivity contribution >= 4 is 17.4 Å². The highest BCUT2D eigenvalue weighted by molar-refractivity contribution is 5.92. The van der Waals surface area contributed by atoms with E-state index in [9.17, 15) is 4.79 Å². The van der Waals surface area contributed by atoms with Gasteiger partial charge in [-0.15, -0.1) is 0 Å². The lowest BCUT2D eigenvalue weighted by atomic mass is 10.0. The number of hydrogen-bond donors (Lipinski definition) is 2. The van der Waals surface area contributed by atoms with Crippen molar-refractivity contribution in [1.29, 1.82) is 0 Å². The first kappa shape index (κ1) is 11.9. The van der Waals surface area contributed by atoms with Crippen molar-refractivity contribution in [2.75, 3.05) is 11.1 Å². The number of nitrogen functional groups attached to an aromatic ring is 1. The SMILES string of the molecule is Nc1cccnc1NC(=O)CCC1CCCC1. The molecule has 1 aromatic rings. The standard InChI is InChI=1S/C13H19N3O/c14-11-6-3-9-15-13(11)16-12(17)8-7-10-4-1-2-5-10/h3,6,9-10H,1-2,4-5,7-8,14H2,(H,15,16,17). The van der Waals surface area contributed by atoms with Crippen LogP contribution in [0.1, 0.15) is 38.5 Å². The molecule has 1 aliphatic rings. The van der Waals surface area contributed by atoms with Crippen molar-refractivity contribution in [3.63, 3.8) is 0 Å². The lowest BCUT2D eigenvalue weighted by Gasteiger charge is -2.09. The van der Waals surface area contributed by atoms with Crippen molar-refractivity contribution in [2.24, 2.45) is 5.92 Å². The summed E-state index contributed by atoms with van der Waals surface area (Å²) in [4.78, 5) is 15.8. The van der Waals surface area contributed by atoms with Gasteiger partial charge in [0.05, 0.1) is 5.69 Å². The van der Waals surface area contributed by atoms with Gasteiger partial charge in [0.1, 0.15) is 0 Å². The lowest BCUT2D eigenvalue weighted by Crippen LogP contribution is -2.14. The smallest absolute Gasteiger partial charge is 0.225 e. The van der Waals surface area contributed by atoms with E-state index in [1.165, 1.54) is 25.7 Å². The number of hydrogen-bond acceptors (Lipinski definition) is 3. The van der Waals surface area contributed by atoms with Gasteiger partial charge < -0.3 is 11.1 Å². The predicted octanol–water partition coefficient (Wildman–Crippen LogP) is 2.57. The molecule has 1 aliphatic carbocycles. The van der Waals surface area contributed by atoms with Gasteiger partial charge in [0.15, 0.2) is 5.82 Å². The second-order valence-electron chi connectivity index (χ2n) is 4.68. The molecule has 0 aromatic carbocycles. The molecule has 1 heterocycles. The third-order valence-electron chi connectivity index (χ3n) is 3.35. The molecule has 0 atom stereocenters. The van der Waals surface area contributed by atoms with E-state index < -0.39 is 0 Å². The van der Waals surface area contributed by atoms with Crippen LogP contribution in [0.5, 0.6) is 0 Å². The fraction of sp³-hybridized carbons (Fsp3) is 0.538. The lowest BCUT2D eigenvalue weighted by molar-refractivity contribution is -0.116. The van der Waals surface area contributed by atoms with Crippen LogP contribution in [-0.4, -0.2) is 10.9 Å². The summed E-state index contributed by atoms with van der Waals surface area (Å²) in [6, 6.07) is 3.49. The molecular formula is C13H19N3O. The Labute approximate surface area is 102 Å². The Morgan fingerprint density at radius 1 is 1.47 bits per heavy atom. The van der Waals surface area contributed by atoms with Crippen LogP contribution in [-0.2, 0) is 4.79 Å². The van der Waals surface area contributed by atoms with E-state index in [1.807, 2.05) is 0 Å². The van der Waals surface area contributed by atoms with Crippen LogP contribution >= 0.6 is 0 Å². The highest BCUT2D eigenvalue weighted by Crippen LogP contribution is 2.28. The molecular weight excluding hydrogens is 214 g/mol. The molecule has 0 spiro atoms. The zero-order valence-corrected chi connectivity index (χ0v) is 9.98. The first-order valence-electron chi connectivity index (χ1n) is 6.26. The van der Waals surface area contributed by atoms with Crippen LogP contribution in [0.25, 0.3) is 0 Å². The Bertz CT molecular complexity index is 386. The van der Waals surface area contributed by atoms with Crippen molar-refractivity contribution in [1.82, 2.24) is 4.98 Å². The van der Waals surface area contributed by atoms with E-state index in [0.717, 1.165) is 12.3 Å². The number of anilines is 2. The Morgan fingerprint density at radius 3 is 2.94 bits per heavy atom. The topological polar surface area (TPSA) is 68.0 Å². The predicted molar refractivity (Wildman–Crippen MR) is 68.5 cm³/mol. The van der Waals surface area contributed by atoms with Gasteiger partial charge in [-0.2, -0.15) is 0 Å². The summed E-state index contributed by atoms with van der Waals surface area (Å²) in [5.74, 6) is 1.23. The van der Waals surface area contributed by atoms with E-state index in [2.05, 4.69) is 10.3 Å². The quantitative estimate of drug-likeness (QED) is 0.839. The molecule has 1 fully saturated rings. The van der Waals surface area contributed by atoms with Gasteiger partial charge in [-0.25, -0.2) is 4.98 Å². The summed E-state index contributed by atoms with van der Waals surface area (Å²) in [7, 11) is 0. The highest BCUT2D eigenvalue weighted by Gasteiger charge is 2.16. The molecule has 4 nitrogen and oxygen atoms in total. The third kappa shape index (κ3) is 3.44. The van der Waals surface area contributed by atoms with E-state index in [-0.39, 0.29) is 5.91 Å². The minimum Gasteiger partial charge on any atom is -0.396 e. The summed E-state index contributed by atoms with van der Waals surface area (Å²) in [6.07, 6.45) is 8.37. The molecule has 0 radical (unpaired) electrons. The van der Waals surface area contributed by atoms with Crippen LogP contribution in [0.3, 0.4) is 0 Å². The molecule has 2 rings (SSSR count). The maximum atomic E-state index is 11.7. The fourth-order valence-electron chi connectivity index (χ4n) is 2.35. The van der Waals surface area contributed by atoms with Crippen LogP contribution in [0.15, 0.2) is 18.3 Å². The number of carbonyl (C=O) groups excluding carboxylic acids is 1. The minimum absolute atomic E-state index is 0.0160. The largest absolute Gasteiger partial charge is 0.396 e. The summed E-state index contributed by atoms with van der Waals surface area (Å²) >= 11 is 0. The molecule has 0 saturated heterocycles. The maximum absolute atomic E-state index is 11.7. The highest BCUT2D eigenvalue weighted by atomic mass is 16.1. The molecule has 4 heteroatoms. The van der Waals surface area contributed by atoms with Gasteiger partial charge >= 0.3 is 0 Å². The molecule has 0 unspecified atom stereocenters. The van der Waals surface area contributed by atoms with Gasteiger partial charge in [0.25, 0.3) is 0 Å². The number of carbonyl (C=O) groups is 1.